The molecule has 0 aliphatic rings. The van der Waals surface area contributed by atoms with Crippen LogP contribution in [0.15, 0.2) is 0 Å². The zero-order valence-corrected chi connectivity index (χ0v) is 14.2. The Morgan fingerprint density at radius 2 is 1.80 bits per heavy atom. The molecule has 120 valence electrons. The van der Waals surface area contributed by atoms with Crippen molar-refractivity contribution in [1.29, 1.82) is 0 Å². The largest absolute Gasteiger partial charge is 0.444 e. The van der Waals surface area contributed by atoms with E-state index in [4.69, 9.17) is 9.47 Å². The summed E-state index contributed by atoms with van der Waals surface area (Å²) < 4.78 is 10.6. The number of carbonyl (C=O) groups is 1. The van der Waals surface area contributed by atoms with E-state index in [9.17, 15) is 4.79 Å². The van der Waals surface area contributed by atoms with Crippen LogP contribution >= 0.6 is 0 Å². The zero-order valence-electron chi connectivity index (χ0n) is 14.2. The fourth-order valence-corrected chi connectivity index (χ4v) is 1.56. The topological polar surface area (TPSA) is 50.8 Å². The second-order valence-electron chi connectivity index (χ2n) is 6.51. The highest BCUT2D eigenvalue weighted by atomic mass is 16.6. The molecule has 1 atom stereocenters. The average Bonchev–Trinajstić information content (AvgIpc) is 2.29. The molecule has 0 rings (SSSR count). The number of ether oxygens (including phenoxy) is 2. The van der Waals surface area contributed by atoms with Gasteiger partial charge in [-0.3, -0.25) is 0 Å². The molecular weight excluding hydrogens is 256 g/mol. The molecule has 5 nitrogen and oxygen atoms in total. The number of likely N-dealkylation sites (N-methyl/N-ethyl adjacent to an activating group) is 1. The first-order valence-electron chi connectivity index (χ1n) is 7.38. The molecule has 0 heterocycles. The maximum absolute atomic E-state index is 11.4. The van der Waals surface area contributed by atoms with Crippen molar-refractivity contribution in [2.45, 2.75) is 53.2 Å². The van der Waals surface area contributed by atoms with Gasteiger partial charge in [-0.05, 0) is 40.7 Å². The first kappa shape index (κ1) is 19.2. The summed E-state index contributed by atoms with van der Waals surface area (Å²) in [5.41, 5.74) is -0.458. The van der Waals surface area contributed by atoms with Crippen LogP contribution in [-0.4, -0.2) is 56.0 Å². The number of hydrogen-bond acceptors (Lipinski definition) is 4. The Morgan fingerprint density at radius 3 is 2.30 bits per heavy atom. The average molecular weight is 288 g/mol. The summed E-state index contributed by atoms with van der Waals surface area (Å²) >= 11 is 0. The van der Waals surface area contributed by atoms with Gasteiger partial charge in [0.1, 0.15) is 5.60 Å². The Labute approximate surface area is 124 Å². The molecule has 0 spiro atoms. The lowest BCUT2D eigenvalue weighted by atomic mass is 10.1. The number of hydrogen-bond donors (Lipinski definition) is 1. The van der Waals surface area contributed by atoms with Crippen molar-refractivity contribution >= 4 is 6.09 Å². The zero-order chi connectivity index (χ0) is 15.8. The third kappa shape index (κ3) is 10.0. The van der Waals surface area contributed by atoms with E-state index in [1.807, 2.05) is 20.8 Å². The van der Waals surface area contributed by atoms with Gasteiger partial charge in [0.05, 0.1) is 13.2 Å². The van der Waals surface area contributed by atoms with Crippen LogP contribution in [0, 0.1) is 5.92 Å². The lowest BCUT2D eigenvalue weighted by Gasteiger charge is -2.27. The monoisotopic (exact) mass is 288 g/mol. The van der Waals surface area contributed by atoms with Crippen molar-refractivity contribution in [3.05, 3.63) is 0 Å². The van der Waals surface area contributed by atoms with Crippen LogP contribution in [0.4, 0.5) is 4.79 Å². The number of nitrogens with zero attached hydrogens (tertiary/aromatic N) is 1. The minimum Gasteiger partial charge on any atom is -0.444 e. The quantitative estimate of drug-likeness (QED) is 0.697. The Morgan fingerprint density at radius 1 is 1.20 bits per heavy atom. The molecule has 0 saturated carbocycles. The fraction of sp³-hybridized carbons (Fsp3) is 0.933. The van der Waals surface area contributed by atoms with Crippen LogP contribution in [0.25, 0.3) is 0 Å². The molecule has 1 N–H and O–H groups in total. The van der Waals surface area contributed by atoms with Gasteiger partial charge in [-0.25, -0.2) is 4.79 Å². The Bertz CT molecular complexity index is 275. The molecule has 0 radical (unpaired) electrons. The molecule has 20 heavy (non-hydrogen) atoms. The van der Waals surface area contributed by atoms with E-state index in [0.29, 0.717) is 31.7 Å². The maximum atomic E-state index is 11.4. The molecule has 0 aromatic carbocycles. The number of carbonyl (C=O) groups excluding carboxylic acids is 1. The maximum Gasteiger partial charge on any atom is 0.407 e. The van der Waals surface area contributed by atoms with Crippen molar-refractivity contribution < 1.29 is 14.3 Å². The molecule has 5 heteroatoms. The minimum atomic E-state index is -0.458. The van der Waals surface area contributed by atoms with Crippen LogP contribution in [0.1, 0.15) is 41.5 Å². The molecule has 1 amide bonds. The van der Waals surface area contributed by atoms with E-state index in [1.165, 1.54) is 0 Å². The van der Waals surface area contributed by atoms with E-state index < -0.39 is 11.7 Å². The third-order valence-corrected chi connectivity index (χ3v) is 3.16. The van der Waals surface area contributed by atoms with Crippen molar-refractivity contribution in [2.24, 2.45) is 5.92 Å². The predicted molar refractivity (Wildman–Crippen MR) is 82.0 cm³/mol. The van der Waals surface area contributed by atoms with E-state index in [-0.39, 0.29) is 0 Å². The molecule has 0 aromatic heterocycles. The normalized spacial score (nSPS) is 13.7. The van der Waals surface area contributed by atoms with Gasteiger partial charge in [0, 0.05) is 19.1 Å². The van der Waals surface area contributed by atoms with E-state index in [0.717, 1.165) is 6.54 Å². The van der Waals surface area contributed by atoms with Gasteiger partial charge in [0.15, 0.2) is 0 Å². The fourth-order valence-electron chi connectivity index (χ4n) is 1.56. The van der Waals surface area contributed by atoms with E-state index in [2.05, 4.69) is 38.0 Å². The molecular formula is C15H32N2O3. The van der Waals surface area contributed by atoms with Gasteiger partial charge < -0.3 is 19.7 Å². The summed E-state index contributed by atoms with van der Waals surface area (Å²) in [5.74, 6) is 0.633. The summed E-state index contributed by atoms with van der Waals surface area (Å²) in [4.78, 5) is 13.7. The lowest BCUT2D eigenvalue weighted by Crippen LogP contribution is -2.36. The van der Waals surface area contributed by atoms with Gasteiger partial charge >= 0.3 is 6.09 Å². The lowest BCUT2D eigenvalue weighted by molar-refractivity contribution is 0.0486. The SMILES string of the molecule is CC(C)C(C)N(C)CCOCCNC(=O)OC(C)(C)C. The van der Waals surface area contributed by atoms with Crippen LogP contribution in [-0.2, 0) is 9.47 Å². The van der Waals surface area contributed by atoms with E-state index in [1.54, 1.807) is 0 Å². The summed E-state index contributed by atoms with van der Waals surface area (Å²) in [6, 6.07) is 0.540. The van der Waals surface area contributed by atoms with Gasteiger partial charge in [0.2, 0.25) is 0 Å². The second-order valence-corrected chi connectivity index (χ2v) is 6.51. The number of nitrogens with one attached hydrogen (secondary N) is 1. The van der Waals surface area contributed by atoms with Crippen LogP contribution < -0.4 is 5.32 Å². The van der Waals surface area contributed by atoms with Crippen LogP contribution in [0.2, 0.25) is 0 Å². The van der Waals surface area contributed by atoms with Gasteiger partial charge in [-0.2, -0.15) is 0 Å². The molecule has 0 fully saturated rings. The molecule has 0 aromatic rings. The summed E-state index contributed by atoms with van der Waals surface area (Å²) in [6.07, 6.45) is -0.397. The number of alkyl carbamates (subject to hydrolysis) is 1. The number of rotatable bonds is 8. The first-order chi connectivity index (χ1) is 9.13. The summed E-state index contributed by atoms with van der Waals surface area (Å²) in [6.45, 7) is 14.7. The molecule has 0 saturated heterocycles. The van der Waals surface area contributed by atoms with Crippen molar-refractivity contribution in [1.82, 2.24) is 10.2 Å². The van der Waals surface area contributed by atoms with Crippen molar-refractivity contribution in [3.8, 4) is 0 Å². The Hall–Kier alpha value is -0.810. The standard InChI is InChI=1S/C15H32N2O3/c1-12(2)13(3)17(7)9-11-19-10-8-16-14(18)20-15(4,5)6/h12-13H,8-11H2,1-7H3,(H,16,18). The highest BCUT2D eigenvalue weighted by Gasteiger charge is 2.15. The molecule has 0 aliphatic carbocycles. The van der Waals surface area contributed by atoms with Crippen LogP contribution in [0.3, 0.4) is 0 Å². The van der Waals surface area contributed by atoms with Crippen molar-refractivity contribution in [3.63, 3.8) is 0 Å². The smallest absolute Gasteiger partial charge is 0.407 e. The summed E-state index contributed by atoms with van der Waals surface area (Å²) in [7, 11) is 2.10. The summed E-state index contributed by atoms with van der Waals surface area (Å²) in [5, 5.41) is 2.67. The minimum absolute atomic E-state index is 0.397. The Balaban J connectivity index is 3.56. The van der Waals surface area contributed by atoms with Gasteiger partial charge in [-0.1, -0.05) is 13.8 Å². The van der Waals surface area contributed by atoms with Crippen LogP contribution in [0.5, 0.6) is 0 Å². The number of amides is 1. The van der Waals surface area contributed by atoms with Crippen molar-refractivity contribution in [2.75, 3.05) is 33.4 Å². The molecule has 1 unspecified atom stereocenters. The van der Waals surface area contributed by atoms with Gasteiger partial charge in [0.25, 0.3) is 0 Å². The predicted octanol–water partition coefficient (Wildman–Crippen LogP) is 2.50. The third-order valence-electron chi connectivity index (χ3n) is 3.16. The first-order valence-corrected chi connectivity index (χ1v) is 7.38. The highest BCUT2D eigenvalue weighted by molar-refractivity contribution is 5.67. The second kappa shape index (κ2) is 9.19. The molecule has 0 bridgehead atoms. The highest BCUT2D eigenvalue weighted by Crippen LogP contribution is 2.07. The molecule has 0 aliphatic heterocycles. The van der Waals surface area contributed by atoms with Gasteiger partial charge in [-0.15, -0.1) is 0 Å². The van der Waals surface area contributed by atoms with E-state index >= 15 is 0 Å². The Kier molecular flexibility index (Phi) is 8.81.